The SMILES string of the molecule is Cc1cc(C(=O)N2CCOCC2)nc(Nc2ccc(Oc3ccccc3)cc2)n1. The number of amides is 1. The minimum absolute atomic E-state index is 0.103. The van der Waals surface area contributed by atoms with Crippen LogP contribution in [0, 0.1) is 6.92 Å². The van der Waals surface area contributed by atoms with Crippen molar-refractivity contribution in [2.45, 2.75) is 6.92 Å². The molecule has 0 saturated carbocycles. The lowest BCUT2D eigenvalue weighted by Crippen LogP contribution is -2.41. The lowest BCUT2D eigenvalue weighted by molar-refractivity contribution is 0.0299. The molecule has 0 spiro atoms. The molecular formula is C22H22N4O3. The summed E-state index contributed by atoms with van der Waals surface area (Å²) in [6, 6.07) is 18.8. The van der Waals surface area contributed by atoms with Gasteiger partial charge in [-0.2, -0.15) is 0 Å². The highest BCUT2D eigenvalue weighted by Gasteiger charge is 2.20. The number of rotatable bonds is 5. The van der Waals surface area contributed by atoms with Gasteiger partial charge in [0.1, 0.15) is 17.2 Å². The van der Waals surface area contributed by atoms with Crippen LogP contribution in [0.2, 0.25) is 0 Å². The first-order valence-corrected chi connectivity index (χ1v) is 9.50. The Balaban J connectivity index is 1.46. The quantitative estimate of drug-likeness (QED) is 0.714. The molecule has 0 aliphatic carbocycles. The van der Waals surface area contributed by atoms with Crippen molar-refractivity contribution in [3.63, 3.8) is 0 Å². The topological polar surface area (TPSA) is 76.6 Å². The van der Waals surface area contributed by atoms with E-state index >= 15 is 0 Å². The maximum absolute atomic E-state index is 12.7. The fourth-order valence-electron chi connectivity index (χ4n) is 3.02. The van der Waals surface area contributed by atoms with Gasteiger partial charge in [0.15, 0.2) is 0 Å². The van der Waals surface area contributed by atoms with Gasteiger partial charge in [0.05, 0.1) is 13.2 Å². The molecule has 1 amide bonds. The van der Waals surface area contributed by atoms with E-state index in [1.54, 1.807) is 11.0 Å². The van der Waals surface area contributed by atoms with Crippen molar-refractivity contribution < 1.29 is 14.3 Å². The molecule has 0 atom stereocenters. The molecule has 0 bridgehead atoms. The summed E-state index contributed by atoms with van der Waals surface area (Å²) in [6.45, 7) is 4.11. The van der Waals surface area contributed by atoms with E-state index < -0.39 is 0 Å². The molecule has 2 aromatic carbocycles. The molecule has 7 heteroatoms. The van der Waals surface area contributed by atoms with Crippen LogP contribution in [0.15, 0.2) is 60.7 Å². The molecule has 1 N–H and O–H groups in total. The summed E-state index contributed by atoms with van der Waals surface area (Å²) in [4.78, 5) is 23.3. The molecule has 29 heavy (non-hydrogen) atoms. The Bertz CT molecular complexity index is 971. The zero-order chi connectivity index (χ0) is 20.1. The van der Waals surface area contributed by atoms with E-state index in [1.165, 1.54) is 0 Å². The first-order valence-electron chi connectivity index (χ1n) is 9.50. The number of carbonyl (C=O) groups excluding carboxylic acids is 1. The van der Waals surface area contributed by atoms with Crippen LogP contribution in [0.3, 0.4) is 0 Å². The zero-order valence-electron chi connectivity index (χ0n) is 16.2. The van der Waals surface area contributed by atoms with Crippen LogP contribution in [-0.4, -0.2) is 47.1 Å². The summed E-state index contributed by atoms with van der Waals surface area (Å²) in [5, 5.41) is 3.16. The van der Waals surface area contributed by atoms with Crippen molar-refractivity contribution >= 4 is 17.5 Å². The minimum Gasteiger partial charge on any atom is -0.457 e. The molecule has 4 rings (SSSR count). The number of nitrogens with zero attached hydrogens (tertiary/aromatic N) is 3. The van der Waals surface area contributed by atoms with Gasteiger partial charge in [0.2, 0.25) is 5.95 Å². The fraction of sp³-hybridized carbons (Fsp3) is 0.227. The second-order valence-corrected chi connectivity index (χ2v) is 6.69. The van der Waals surface area contributed by atoms with Crippen LogP contribution in [-0.2, 0) is 4.74 Å². The Morgan fingerprint density at radius 2 is 1.69 bits per heavy atom. The van der Waals surface area contributed by atoms with E-state index in [0.717, 1.165) is 22.9 Å². The minimum atomic E-state index is -0.103. The smallest absolute Gasteiger partial charge is 0.272 e. The number of para-hydroxylation sites is 1. The highest BCUT2D eigenvalue weighted by Crippen LogP contribution is 2.24. The molecule has 1 aliphatic rings. The second kappa shape index (κ2) is 8.70. The molecule has 1 aliphatic heterocycles. The molecule has 3 aromatic rings. The van der Waals surface area contributed by atoms with Crippen molar-refractivity contribution in [2.75, 3.05) is 31.6 Å². The van der Waals surface area contributed by atoms with Gasteiger partial charge in [0.25, 0.3) is 5.91 Å². The molecule has 1 saturated heterocycles. The van der Waals surface area contributed by atoms with Gasteiger partial charge in [-0.3, -0.25) is 4.79 Å². The molecule has 1 fully saturated rings. The van der Waals surface area contributed by atoms with Crippen molar-refractivity contribution in [3.8, 4) is 11.5 Å². The predicted octanol–water partition coefficient (Wildman–Crippen LogP) is 3.79. The Morgan fingerprint density at radius 3 is 2.41 bits per heavy atom. The van der Waals surface area contributed by atoms with Gasteiger partial charge in [0, 0.05) is 24.5 Å². The number of carbonyl (C=O) groups is 1. The number of hydrogen-bond donors (Lipinski definition) is 1. The van der Waals surface area contributed by atoms with E-state index in [-0.39, 0.29) is 5.91 Å². The van der Waals surface area contributed by atoms with Crippen molar-refractivity contribution in [1.29, 1.82) is 0 Å². The molecule has 2 heterocycles. The second-order valence-electron chi connectivity index (χ2n) is 6.69. The molecule has 1 aromatic heterocycles. The Hall–Kier alpha value is -3.45. The molecule has 148 valence electrons. The van der Waals surface area contributed by atoms with Gasteiger partial charge in [-0.25, -0.2) is 9.97 Å². The predicted molar refractivity (Wildman–Crippen MR) is 110 cm³/mol. The first-order chi connectivity index (χ1) is 14.2. The van der Waals surface area contributed by atoms with Crippen LogP contribution >= 0.6 is 0 Å². The third kappa shape index (κ3) is 4.89. The molecular weight excluding hydrogens is 368 g/mol. The van der Waals surface area contributed by atoms with Gasteiger partial charge in [-0.15, -0.1) is 0 Å². The third-order valence-corrected chi connectivity index (χ3v) is 4.46. The average Bonchev–Trinajstić information content (AvgIpc) is 2.75. The normalized spacial score (nSPS) is 13.8. The first kappa shape index (κ1) is 18.9. The number of hydrogen-bond acceptors (Lipinski definition) is 6. The number of anilines is 2. The lowest BCUT2D eigenvalue weighted by Gasteiger charge is -2.26. The number of morpholine rings is 1. The largest absolute Gasteiger partial charge is 0.457 e. The van der Waals surface area contributed by atoms with Crippen LogP contribution in [0.25, 0.3) is 0 Å². The van der Waals surface area contributed by atoms with E-state index in [9.17, 15) is 4.79 Å². The molecule has 0 unspecified atom stereocenters. The lowest BCUT2D eigenvalue weighted by atomic mass is 10.2. The van der Waals surface area contributed by atoms with Crippen molar-refractivity contribution in [2.24, 2.45) is 0 Å². The fourth-order valence-corrected chi connectivity index (χ4v) is 3.02. The summed E-state index contributed by atoms with van der Waals surface area (Å²) in [7, 11) is 0. The Morgan fingerprint density at radius 1 is 1.00 bits per heavy atom. The van der Waals surface area contributed by atoms with Gasteiger partial charge >= 0.3 is 0 Å². The summed E-state index contributed by atoms with van der Waals surface area (Å²) < 4.78 is 11.1. The zero-order valence-corrected chi connectivity index (χ0v) is 16.2. The number of aromatic nitrogens is 2. The summed E-state index contributed by atoms with van der Waals surface area (Å²) in [6.07, 6.45) is 0. The summed E-state index contributed by atoms with van der Waals surface area (Å²) in [5.41, 5.74) is 1.91. The monoisotopic (exact) mass is 390 g/mol. The standard InChI is InChI=1S/C22H22N4O3/c1-16-15-20(21(27)26-11-13-28-14-12-26)25-22(23-16)24-17-7-9-19(10-8-17)29-18-5-3-2-4-6-18/h2-10,15H,11-14H2,1H3,(H,23,24,25). The molecule has 0 radical (unpaired) electrons. The highest BCUT2D eigenvalue weighted by atomic mass is 16.5. The van der Waals surface area contributed by atoms with E-state index in [4.69, 9.17) is 9.47 Å². The Kier molecular flexibility index (Phi) is 5.67. The number of aryl methyl sites for hydroxylation is 1. The molecule has 7 nitrogen and oxygen atoms in total. The van der Waals surface area contributed by atoms with Crippen LogP contribution in [0.1, 0.15) is 16.2 Å². The van der Waals surface area contributed by atoms with Crippen LogP contribution < -0.4 is 10.1 Å². The van der Waals surface area contributed by atoms with E-state index in [0.29, 0.717) is 37.9 Å². The van der Waals surface area contributed by atoms with Crippen LogP contribution in [0.5, 0.6) is 11.5 Å². The third-order valence-electron chi connectivity index (χ3n) is 4.46. The van der Waals surface area contributed by atoms with Gasteiger partial charge in [-0.05, 0) is 49.4 Å². The number of ether oxygens (including phenoxy) is 2. The number of nitrogens with one attached hydrogen (secondary N) is 1. The average molecular weight is 390 g/mol. The number of benzene rings is 2. The highest BCUT2D eigenvalue weighted by molar-refractivity contribution is 5.92. The van der Waals surface area contributed by atoms with Crippen LogP contribution in [0.4, 0.5) is 11.6 Å². The van der Waals surface area contributed by atoms with E-state index in [1.807, 2.05) is 61.5 Å². The van der Waals surface area contributed by atoms with Gasteiger partial charge in [-0.1, -0.05) is 18.2 Å². The van der Waals surface area contributed by atoms with E-state index in [2.05, 4.69) is 15.3 Å². The van der Waals surface area contributed by atoms with Gasteiger partial charge < -0.3 is 19.7 Å². The van der Waals surface area contributed by atoms with Crippen molar-refractivity contribution in [3.05, 3.63) is 72.1 Å². The Labute approximate surface area is 169 Å². The maximum Gasteiger partial charge on any atom is 0.272 e. The summed E-state index contributed by atoms with van der Waals surface area (Å²) >= 11 is 0. The maximum atomic E-state index is 12.7. The summed E-state index contributed by atoms with van der Waals surface area (Å²) in [5.74, 6) is 1.79. The van der Waals surface area contributed by atoms with Crippen molar-refractivity contribution in [1.82, 2.24) is 14.9 Å².